The lowest BCUT2D eigenvalue weighted by Crippen LogP contribution is -2.18. The van der Waals surface area contributed by atoms with Crippen LogP contribution >= 0.6 is 11.6 Å². The second-order valence-corrected chi connectivity index (χ2v) is 5.40. The molecule has 1 aromatic carbocycles. The second kappa shape index (κ2) is 4.54. The smallest absolute Gasteiger partial charge is 0.0913 e. The van der Waals surface area contributed by atoms with E-state index in [4.69, 9.17) is 11.6 Å². The van der Waals surface area contributed by atoms with Gasteiger partial charge in [-0.05, 0) is 29.5 Å². The first-order valence-corrected chi connectivity index (χ1v) is 6.24. The third-order valence-corrected chi connectivity index (χ3v) is 3.81. The molecule has 1 aliphatic rings. The molecular formula is C16H17Cl. The molecule has 2 rings (SSSR count). The fourth-order valence-electron chi connectivity index (χ4n) is 2.16. The Kier molecular flexibility index (Phi) is 3.26. The molecule has 0 nitrogen and oxygen atoms in total. The molecule has 0 saturated carbocycles. The lowest BCUT2D eigenvalue weighted by Gasteiger charge is -2.27. The molecular weight excluding hydrogens is 228 g/mol. The monoisotopic (exact) mass is 244 g/mol. The minimum absolute atomic E-state index is 0.361. The van der Waals surface area contributed by atoms with Crippen molar-refractivity contribution in [1.29, 1.82) is 0 Å². The van der Waals surface area contributed by atoms with Gasteiger partial charge in [-0.25, -0.2) is 0 Å². The normalized spacial score (nSPS) is 31.9. The van der Waals surface area contributed by atoms with E-state index in [0.29, 0.717) is 5.92 Å². The number of alkyl halides is 1. The highest BCUT2D eigenvalue weighted by Crippen LogP contribution is 2.40. The van der Waals surface area contributed by atoms with E-state index in [-0.39, 0.29) is 0 Å². The molecule has 0 fully saturated rings. The molecule has 1 aromatic rings. The number of rotatable bonds is 0. The van der Waals surface area contributed by atoms with Crippen LogP contribution in [0.15, 0.2) is 60.7 Å². The van der Waals surface area contributed by atoms with Crippen LogP contribution in [0.1, 0.15) is 30.9 Å². The average Bonchev–Trinajstić information content (AvgIpc) is 2.36. The molecule has 0 aliphatic heterocycles. The van der Waals surface area contributed by atoms with Gasteiger partial charge in [-0.2, -0.15) is 0 Å². The third kappa shape index (κ3) is 2.23. The van der Waals surface area contributed by atoms with Crippen molar-refractivity contribution in [3.05, 3.63) is 71.8 Å². The highest BCUT2D eigenvalue weighted by molar-refractivity contribution is 6.26. The summed E-state index contributed by atoms with van der Waals surface area (Å²) in [4.78, 5) is -0.534. The minimum Gasteiger partial charge on any atom is -0.109 e. The van der Waals surface area contributed by atoms with E-state index in [9.17, 15) is 0 Å². The Hall–Kier alpha value is -1.27. The van der Waals surface area contributed by atoms with E-state index >= 15 is 0 Å². The van der Waals surface area contributed by atoms with Crippen molar-refractivity contribution in [3.8, 4) is 0 Å². The van der Waals surface area contributed by atoms with Crippen LogP contribution in [0, 0.1) is 0 Å². The van der Waals surface area contributed by atoms with Crippen molar-refractivity contribution >= 4 is 11.6 Å². The van der Waals surface area contributed by atoms with Gasteiger partial charge in [-0.15, -0.1) is 11.6 Å². The molecule has 2 atom stereocenters. The van der Waals surface area contributed by atoms with Gasteiger partial charge in [0, 0.05) is 0 Å². The predicted octanol–water partition coefficient (Wildman–Crippen LogP) is 4.93. The molecule has 17 heavy (non-hydrogen) atoms. The molecule has 0 aromatic heterocycles. The van der Waals surface area contributed by atoms with E-state index in [1.54, 1.807) is 0 Å². The summed E-state index contributed by atoms with van der Waals surface area (Å²) in [5.74, 6) is 0.361. The second-order valence-electron chi connectivity index (χ2n) is 4.65. The summed E-state index contributed by atoms with van der Waals surface area (Å²) in [6.45, 7) is 8.28. The first-order chi connectivity index (χ1) is 8.03. The highest BCUT2D eigenvalue weighted by Gasteiger charge is 2.29. The molecule has 2 unspecified atom stereocenters. The zero-order valence-electron chi connectivity index (χ0n) is 10.3. The Bertz CT molecular complexity index is 492. The molecule has 0 radical (unpaired) electrons. The van der Waals surface area contributed by atoms with Gasteiger partial charge in [-0.3, -0.25) is 0 Å². The van der Waals surface area contributed by atoms with E-state index in [2.05, 4.69) is 43.9 Å². The number of hydrogen-bond donors (Lipinski definition) is 0. The van der Waals surface area contributed by atoms with E-state index in [1.807, 2.05) is 25.1 Å². The van der Waals surface area contributed by atoms with Gasteiger partial charge in [0.25, 0.3) is 0 Å². The van der Waals surface area contributed by atoms with Crippen LogP contribution in [0.5, 0.6) is 0 Å². The molecule has 0 spiro atoms. The highest BCUT2D eigenvalue weighted by atomic mass is 35.5. The van der Waals surface area contributed by atoms with Crippen molar-refractivity contribution in [2.24, 2.45) is 0 Å². The summed E-state index contributed by atoms with van der Waals surface area (Å²) >= 11 is 6.69. The van der Waals surface area contributed by atoms with Crippen LogP contribution in [0.25, 0.3) is 0 Å². The number of halogens is 1. The Labute approximate surface area is 108 Å². The van der Waals surface area contributed by atoms with E-state index in [1.165, 1.54) is 5.56 Å². The number of hydrogen-bond acceptors (Lipinski definition) is 0. The van der Waals surface area contributed by atoms with Gasteiger partial charge in [0.05, 0.1) is 4.87 Å². The summed E-state index contributed by atoms with van der Waals surface area (Å²) in [5, 5.41) is 0. The van der Waals surface area contributed by atoms with Crippen LogP contribution in [-0.2, 0) is 4.87 Å². The van der Waals surface area contributed by atoms with Crippen molar-refractivity contribution in [3.63, 3.8) is 0 Å². The maximum atomic E-state index is 6.69. The average molecular weight is 245 g/mol. The van der Waals surface area contributed by atoms with E-state index < -0.39 is 4.87 Å². The lowest BCUT2D eigenvalue weighted by molar-refractivity contribution is 0.792. The first-order valence-electron chi connectivity index (χ1n) is 5.86. The zero-order chi connectivity index (χ0) is 12.5. The SMILES string of the molecule is C=C1/C=C\C=C/C(C)c2ccccc2C1(C)Cl. The summed E-state index contributed by atoms with van der Waals surface area (Å²) in [6.07, 6.45) is 8.23. The molecule has 1 heteroatoms. The number of benzene rings is 1. The van der Waals surface area contributed by atoms with Crippen LogP contribution in [0.3, 0.4) is 0 Å². The Balaban J connectivity index is 2.66. The minimum atomic E-state index is -0.534. The summed E-state index contributed by atoms with van der Waals surface area (Å²) in [7, 11) is 0. The molecule has 0 heterocycles. The molecule has 0 N–H and O–H groups in total. The van der Waals surface area contributed by atoms with Crippen molar-refractivity contribution in [2.75, 3.05) is 0 Å². The van der Waals surface area contributed by atoms with Crippen LogP contribution < -0.4 is 0 Å². The van der Waals surface area contributed by atoms with Gasteiger partial charge in [0.1, 0.15) is 0 Å². The fourth-order valence-corrected chi connectivity index (χ4v) is 2.39. The Morgan fingerprint density at radius 2 is 1.94 bits per heavy atom. The third-order valence-electron chi connectivity index (χ3n) is 3.37. The first kappa shape index (κ1) is 12.2. The number of fused-ring (bicyclic) bond motifs is 1. The van der Waals surface area contributed by atoms with Crippen LogP contribution in [-0.4, -0.2) is 0 Å². The van der Waals surface area contributed by atoms with Crippen molar-refractivity contribution in [1.82, 2.24) is 0 Å². The fraction of sp³-hybridized carbons (Fsp3) is 0.250. The quantitative estimate of drug-likeness (QED) is 0.568. The van der Waals surface area contributed by atoms with Crippen LogP contribution in [0.4, 0.5) is 0 Å². The molecule has 0 amide bonds. The van der Waals surface area contributed by atoms with Crippen molar-refractivity contribution < 1.29 is 0 Å². The van der Waals surface area contributed by atoms with Crippen molar-refractivity contribution in [2.45, 2.75) is 24.6 Å². The van der Waals surface area contributed by atoms with Gasteiger partial charge in [-0.1, -0.05) is 62.1 Å². The molecule has 0 saturated heterocycles. The van der Waals surface area contributed by atoms with Gasteiger partial charge in [0.15, 0.2) is 0 Å². The molecule has 88 valence electrons. The predicted molar refractivity (Wildman–Crippen MR) is 75.5 cm³/mol. The Morgan fingerprint density at radius 3 is 2.71 bits per heavy atom. The standard InChI is InChI=1S/C16H17Cl/c1-12-8-4-5-9-13(2)16(3,17)15-11-7-6-10-14(12)15/h4-12H,2H2,1,3H3/b8-4-,9-5-. The lowest BCUT2D eigenvalue weighted by atomic mass is 9.85. The summed E-state index contributed by atoms with van der Waals surface area (Å²) < 4.78 is 0. The van der Waals surface area contributed by atoms with Crippen LogP contribution in [0.2, 0.25) is 0 Å². The summed E-state index contributed by atoms with van der Waals surface area (Å²) in [5.41, 5.74) is 3.34. The maximum Gasteiger partial charge on any atom is 0.0913 e. The van der Waals surface area contributed by atoms with Gasteiger partial charge in [0.2, 0.25) is 0 Å². The zero-order valence-corrected chi connectivity index (χ0v) is 11.0. The Morgan fingerprint density at radius 1 is 1.24 bits per heavy atom. The number of allylic oxidation sites excluding steroid dienone is 5. The topological polar surface area (TPSA) is 0 Å². The van der Waals surface area contributed by atoms with Gasteiger partial charge < -0.3 is 0 Å². The summed E-state index contributed by atoms with van der Waals surface area (Å²) in [6, 6.07) is 8.33. The maximum absolute atomic E-state index is 6.69. The van der Waals surface area contributed by atoms with E-state index in [0.717, 1.165) is 11.1 Å². The molecule has 1 aliphatic carbocycles. The largest absolute Gasteiger partial charge is 0.109 e. The van der Waals surface area contributed by atoms with Gasteiger partial charge >= 0.3 is 0 Å². The molecule has 0 bridgehead atoms.